The highest BCUT2D eigenvalue weighted by atomic mass is 32.2. The topological polar surface area (TPSA) is 64.3 Å². The molecule has 1 aromatic heterocycles. The molecule has 17 heavy (non-hydrogen) atoms. The van der Waals surface area contributed by atoms with E-state index in [9.17, 15) is 0 Å². The fourth-order valence-corrected chi connectivity index (χ4v) is 2.54. The SMILES string of the molecule is CCC(CSC)N(C)c1ncnc(N)c1OC. The molecule has 0 fully saturated rings. The van der Waals surface area contributed by atoms with E-state index in [-0.39, 0.29) is 0 Å². The molecule has 2 N–H and O–H groups in total. The first kappa shape index (κ1) is 13.9. The average molecular weight is 256 g/mol. The van der Waals surface area contributed by atoms with Crippen molar-refractivity contribution in [2.45, 2.75) is 19.4 Å². The third kappa shape index (κ3) is 3.15. The number of ether oxygens (including phenoxy) is 1. The van der Waals surface area contributed by atoms with E-state index in [1.54, 1.807) is 7.11 Å². The van der Waals surface area contributed by atoms with Gasteiger partial charge in [0.15, 0.2) is 11.6 Å². The van der Waals surface area contributed by atoms with Crippen LogP contribution in [0.15, 0.2) is 6.33 Å². The highest BCUT2D eigenvalue weighted by Gasteiger charge is 2.19. The normalized spacial score (nSPS) is 12.2. The molecule has 0 aliphatic carbocycles. The second-order valence-corrected chi connectivity index (χ2v) is 4.65. The zero-order valence-electron chi connectivity index (χ0n) is 10.8. The molecule has 0 aromatic carbocycles. The first-order valence-corrected chi connectivity index (χ1v) is 6.91. The van der Waals surface area contributed by atoms with E-state index in [0.29, 0.717) is 17.6 Å². The van der Waals surface area contributed by atoms with Crippen molar-refractivity contribution in [1.82, 2.24) is 9.97 Å². The van der Waals surface area contributed by atoms with Gasteiger partial charge in [-0.1, -0.05) is 6.92 Å². The van der Waals surface area contributed by atoms with Crippen molar-refractivity contribution in [2.75, 3.05) is 36.8 Å². The smallest absolute Gasteiger partial charge is 0.204 e. The first-order valence-electron chi connectivity index (χ1n) is 5.51. The van der Waals surface area contributed by atoms with Gasteiger partial charge in [-0.3, -0.25) is 0 Å². The van der Waals surface area contributed by atoms with E-state index in [4.69, 9.17) is 10.5 Å². The molecule has 1 aromatic rings. The van der Waals surface area contributed by atoms with Crippen LogP contribution >= 0.6 is 11.8 Å². The van der Waals surface area contributed by atoms with E-state index in [1.165, 1.54) is 6.33 Å². The number of hydrogen-bond acceptors (Lipinski definition) is 6. The summed E-state index contributed by atoms with van der Waals surface area (Å²) in [4.78, 5) is 10.3. The Morgan fingerprint density at radius 1 is 1.53 bits per heavy atom. The fraction of sp³-hybridized carbons (Fsp3) is 0.636. The van der Waals surface area contributed by atoms with Crippen LogP contribution in [0.1, 0.15) is 13.3 Å². The van der Waals surface area contributed by atoms with Gasteiger partial charge in [-0.25, -0.2) is 9.97 Å². The zero-order chi connectivity index (χ0) is 12.8. The number of methoxy groups -OCH3 is 1. The maximum atomic E-state index is 5.78. The summed E-state index contributed by atoms with van der Waals surface area (Å²) in [5.74, 6) is 2.72. The second-order valence-electron chi connectivity index (χ2n) is 3.74. The maximum absolute atomic E-state index is 5.78. The van der Waals surface area contributed by atoms with Crippen LogP contribution in [0.2, 0.25) is 0 Å². The average Bonchev–Trinajstić information content (AvgIpc) is 2.34. The molecule has 0 spiro atoms. The summed E-state index contributed by atoms with van der Waals surface area (Å²) in [6.45, 7) is 2.16. The molecular weight excluding hydrogens is 236 g/mol. The van der Waals surface area contributed by atoms with Crippen LogP contribution in [0.5, 0.6) is 5.75 Å². The summed E-state index contributed by atoms with van der Waals surface area (Å²) in [7, 11) is 3.59. The number of aromatic nitrogens is 2. The molecule has 6 heteroatoms. The van der Waals surface area contributed by atoms with Gasteiger partial charge in [0.2, 0.25) is 5.75 Å². The Kier molecular flexibility index (Phi) is 5.34. The lowest BCUT2D eigenvalue weighted by atomic mass is 10.2. The quantitative estimate of drug-likeness (QED) is 0.835. The van der Waals surface area contributed by atoms with Crippen LogP contribution in [-0.4, -0.2) is 42.2 Å². The lowest BCUT2D eigenvalue weighted by molar-refractivity contribution is 0.412. The number of nitrogens with two attached hydrogens (primary N) is 1. The Morgan fingerprint density at radius 2 is 2.24 bits per heavy atom. The molecule has 0 amide bonds. The van der Waals surface area contributed by atoms with E-state index in [1.807, 2.05) is 18.8 Å². The third-order valence-corrected chi connectivity index (χ3v) is 3.45. The lowest BCUT2D eigenvalue weighted by Crippen LogP contribution is -2.34. The number of thioether (sulfide) groups is 1. The molecule has 96 valence electrons. The van der Waals surface area contributed by atoms with Gasteiger partial charge in [0, 0.05) is 18.8 Å². The summed E-state index contributed by atoms with van der Waals surface area (Å²) < 4.78 is 5.27. The highest BCUT2D eigenvalue weighted by Crippen LogP contribution is 2.30. The van der Waals surface area contributed by atoms with E-state index >= 15 is 0 Å². The van der Waals surface area contributed by atoms with Crippen molar-refractivity contribution < 1.29 is 4.74 Å². The van der Waals surface area contributed by atoms with Crippen molar-refractivity contribution in [3.8, 4) is 5.75 Å². The summed E-state index contributed by atoms with van der Waals surface area (Å²) in [5, 5.41) is 0. The van der Waals surface area contributed by atoms with Crippen LogP contribution < -0.4 is 15.4 Å². The van der Waals surface area contributed by atoms with Crippen LogP contribution in [-0.2, 0) is 0 Å². The van der Waals surface area contributed by atoms with Gasteiger partial charge >= 0.3 is 0 Å². The van der Waals surface area contributed by atoms with Gasteiger partial charge in [0.1, 0.15) is 6.33 Å². The van der Waals surface area contributed by atoms with Gasteiger partial charge in [0.25, 0.3) is 0 Å². The molecule has 0 aliphatic rings. The molecule has 1 unspecified atom stereocenters. The number of anilines is 2. The molecule has 5 nitrogen and oxygen atoms in total. The van der Waals surface area contributed by atoms with Crippen molar-refractivity contribution in [3.63, 3.8) is 0 Å². The molecule has 1 heterocycles. The fourth-order valence-electron chi connectivity index (χ4n) is 1.69. The Hall–Kier alpha value is -1.17. The van der Waals surface area contributed by atoms with E-state index in [2.05, 4.69) is 28.0 Å². The molecule has 0 bridgehead atoms. The third-order valence-electron chi connectivity index (χ3n) is 2.73. The van der Waals surface area contributed by atoms with Crippen LogP contribution in [0.4, 0.5) is 11.6 Å². The minimum absolute atomic E-state index is 0.378. The van der Waals surface area contributed by atoms with Crippen LogP contribution in [0.25, 0.3) is 0 Å². The van der Waals surface area contributed by atoms with Crippen LogP contribution in [0, 0.1) is 0 Å². The first-order chi connectivity index (χ1) is 8.15. The summed E-state index contributed by atoms with van der Waals surface area (Å²) in [6, 6.07) is 0.410. The predicted molar refractivity (Wildman–Crippen MR) is 73.9 cm³/mol. The predicted octanol–water partition coefficient (Wildman–Crippen LogP) is 1.65. The Balaban J connectivity index is 3.01. The van der Waals surface area contributed by atoms with Gasteiger partial charge in [-0.05, 0) is 12.7 Å². The molecule has 1 rings (SSSR count). The molecule has 1 atom stereocenters. The maximum Gasteiger partial charge on any atom is 0.204 e. The number of hydrogen-bond donors (Lipinski definition) is 1. The largest absolute Gasteiger partial charge is 0.490 e. The number of nitrogens with zero attached hydrogens (tertiary/aromatic N) is 3. The number of nitrogen functional groups attached to an aromatic ring is 1. The standard InChI is InChI=1S/C11H20N4OS/c1-5-8(6-17-4)15(2)11-9(16-3)10(12)13-7-14-11/h7-8H,5-6H2,1-4H3,(H2,12,13,14). The monoisotopic (exact) mass is 256 g/mol. The minimum atomic E-state index is 0.378. The van der Waals surface area contributed by atoms with Crippen molar-refractivity contribution in [2.24, 2.45) is 0 Å². The van der Waals surface area contributed by atoms with Crippen molar-refractivity contribution in [1.29, 1.82) is 0 Å². The lowest BCUT2D eigenvalue weighted by Gasteiger charge is -2.28. The van der Waals surface area contributed by atoms with Crippen LogP contribution in [0.3, 0.4) is 0 Å². The summed E-state index contributed by atoms with van der Waals surface area (Å²) in [6.07, 6.45) is 4.61. The van der Waals surface area contributed by atoms with E-state index in [0.717, 1.165) is 18.0 Å². The van der Waals surface area contributed by atoms with Crippen molar-refractivity contribution >= 4 is 23.4 Å². The summed E-state index contributed by atoms with van der Waals surface area (Å²) in [5.41, 5.74) is 5.78. The van der Waals surface area contributed by atoms with Gasteiger partial charge in [-0.2, -0.15) is 11.8 Å². The van der Waals surface area contributed by atoms with Gasteiger partial charge < -0.3 is 15.4 Å². The number of rotatable bonds is 6. The Morgan fingerprint density at radius 3 is 2.76 bits per heavy atom. The highest BCUT2D eigenvalue weighted by molar-refractivity contribution is 7.98. The summed E-state index contributed by atoms with van der Waals surface area (Å²) >= 11 is 1.82. The minimum Gasteiger partial charge on any atom is -0.490 e. The second kappa shape index (κ2) is 6.54. The van der Waals surface area contributed by atoms with E-state index < -0.39 is 0 Å². The van der Waals surface area contributed by atoms with Gasteiger partial charge in [-0.15, -0.1) is 0 Å². The Bertz CT molecular complexity index is 361. The Labute approximate surface area is 107 Å². The molecular formula is C11H20N4OS. The van der Waals surface area contributed by atoms with Crippen molar-refractivity contribution in [3.05, 3.63) is 6.33 Å². The molecule has 0 saturated heterocycles. The van der Waals surface area contributed by atoms with Gasteiger partial charge in [0.05, 0.1) is 7.11 Å². The molecule has 0 radical (unpaired) electrons. The zero-order valence-corrected chi connectivity index (χ0v) is 11.6. The molecule has 0 saturated carbocycles. The molecule has 0 aliphatic heterocycles.